The van der Waals surface area contributed by atoms with Crippen molar-refractivity contribution in [3.05, 3.63) is 95.1 Å². The number of nitrogens with zero attached hydrogens (tertiary/aromatic N) is 2. The van der Waals surface area contributed by atoms with Gasteiger partial charge in [-0.05, 0) is 43.2 Å². The SMILES string of the molecule is Cc1cccc(NC(=O)CN2CCN(CC(=O)Nc3ccccc3C(=O)c3ccccc3)CC2)c1C. The Balaban J connectivity index is 1.26. The molecular formula is C29H32N4O3. The fourth-order valence-electron chi connectivity index (χ4n) is 4.31. The number of para-hydroxylation sites is 1. The first kappa shape index (κ1) is 25.3. The van der Waals surface area contributed by atoms with Crippen LogP contribution in [0.1, 0.15) is 27.0 Å². The van der Waals surface area contributed by atoms with E-state index in [0.29, 0.717) is 49.5 Å². The van der Waals surface area contributed by atoms with Crippen molar-refractivity contribution in [2.24, 2.45) is 0 Å². The molecule has 0 spiro atoms. The molecule has 0 bridgehead atoms. The lowest BCUT2D eigenvalue weighted by Gasteiger charge is -2.33. The Kier molecular flexibility index (Phi) is 8.25. The lowest BCUT2D eigenvalue weighted by Crippen LogP contribution is -2.50. The van der Waals surface area contributed by atoms with Crippen LogP contribution in [-0.2, 0) is 9.59 Å². The summed E-state index contributed by atoms with van der Waals surface area (Å²) in [6.07, 6.45) is 0. The Labute approximate surface area is 212 Å². The second-order valence-electron chi connectivity index (χ2n) is 9.14. The van der Waals surface area contributed by atoms with Crippen LogP contribution in [0.4, 0.5) is 11.4 Å². The molecule has 3 aromatic rings. The van der Waals surface area contributed by atoms with Gasteiger partial charge in [-0.15, -0.1) is 0 Å². The summed E-state index contributed by atoms with van der Waals surface area (Å²) in [6, 6.07) is 22.0. The number of nitrogens with one attached hydrogen (secondary N) is 2. The van der Waals surface area contributed by atoms with Crippen LogP contribution in [0.2, 0.25) is 0 Å². The third-order valence-electron chi connectivity index (χ3n) is 6.56. The minimum atomic E-state index is -0.163. The van der Waals surface area contributed by atoms with Gasteiger partial charge in [-0.3, -0.25) is 24.2 Å². The maximum absolute atomic E-state index is 12.9. The van der Waals surface area contributed by atoms with Gasteiger partial charge in [-0.1, -0.05) is 54.6 Å². The largest absolute Gasteiger partial charge is 0.325 e. The van der Waals surface area contributed by atoms with E-state index in [0.717, 1.165) is 16.8 Å². The van der Waals surface area contributed by atoms with Crippen LogP contribution in [0.15, 0.2) is 72.8 Å². The highest BCUT2D eigenvalue weighted by Crippen LogP contribution is 2.20. The van der Waals surface area contributed by atoms with Crippen LogP contribution in [0, 0.1) is 13.8 Å². The van der Waals surface area contributed by atoms with Gasteiger partial charge in [0.1, 0.15) is 0 Å². The normalized spacial score (nSPS) is 14.3. The molecule has 1 aliphatic heterocycles. The quantitative estimate of drug-likeness (QED) is 0.476. The van der Waals surface area contributed by atoms with E-state index in [1.54, 1.807) is 36.4 Å². The van der Waals surface area contributed by atoms with Gasteiger partial charge in [0.2, 0.25) is 11.8 Å². The van der Waals surface area contributed by atoms with E-state index in [4.69, 9.17) is 0 Å². The van der Waals surface area contributed by atoms with Gasteiger partial charge in [-0.25, -0.2) is 0 Å². The molecular weight excluding hydrogens is 452 g/mol. The predicted octanol–water partition coefficient (Wildman–Crippen LogP) is 3.73. The molecule has 1 heterocycles. The molecule has 3 aromatic carbocycles. The average molecular weight is 485 g/mol. The number of aryl methyl sites for hydroxylation is 1. The van der Waals surface area contributed by atoms with Crippen LogP contribution < -0.4 is 10.6 Å². The zero-order chi connectivity index (χ0) is 25.5. The summed E-state index contributed by atoms with van der Waals surface area (Å²) in [5, 5.41) is 5.92. The van der Waals surface area contributed by atoms with Crippen molar-refractivity contribution in [1.29, 1.82) is 0 Å². The topological polar surface area (TPSA) is 81.8 Å². The molecule has 1 aliphatic rings. The Morgan fingerprint density at radius 1 is 0.667 bits per heavy atom. The molecule has 7 heteroatoms. The molecule has 0 unspecified atom stereocenters. The van der Waals surface area contributed by atoms with E-state index in [1.807, 2.05) is 50.2 Å². The average Bonchev–Trinajstić information content (AvgIpc) is 2.88. The summed E-state index contributed by atoms with van der Waals surface area (Å²) in [6.45, 7) is 7.38. The fraction of sp³-hybridized carbons (Fsp3) is 0.276. The minimum absolute atomic E-state index is 0.0328. The van der Waals surface area contributed by atoms with Crippen LogP contribution in [-0.4, -0.2) is 66.7 Å². The Morgan fingerprint density at radius 2 is 1.19 bits per heavy atom. The smallest absolute Gasteiger partial charge is 0.238 e. The molecule has 0 saturated carbocycles. The maximum Gasteiger partial charge on any atom is 0.238 e. The third-order valence-corrected chi connectivity index (χ3v) is 6.56. The second kappa shape index (κ2) is 11.7. The monoisotopic (exact) mass is 484 g/mol. The number of hydrogen-bond donors (Lipinski definition) is 2. The highest BCUT2D eigenvalue weighted by atomic mass is 16.2. The first-order valence-electron chi connectivity index (χ1n) is 12.2. The molecule has 0 atom stereocenters. The fourth-order valence-corrected chi connectivity index (χ4v) is 4.31. The van der Waals surface area contributed by atoms with E-state index in [2.05, 4.69) is 20.4 Å². The molecule has 7 nitrogen and oxygen atoms in total. The van der Waals surface area contributed by atoms with E-state index < -0.39 is 0 Å². The van der Waals surface area contributed by atoms with Crippen LogP contribution in [0.25, 0.3) is 0 Å². The summed E-state index contributed by atoms with van der Waals surface area (Å²) in [5.74, 6) is -0.321. The van der Waals surface area contributed by atoms with Gasteiger partial charge in [0.15, 0.2) is 5.78 Å². The predicted molar refractivity (Wildman–Crippen MR) is 142 cm³/mol. The van der Waals surface area contributed by atoms with Gasteiger partial charge < -0.3 is 10.6 Å². The zero-order valence-electron chi connectivity index (χ0n) is 20.8. The molecule has 1 fully saturated rings. The standard InChI is InChI=1S/C29H32N4O3/c1-21-9-8-14-25(22(21)2)30-27(34)19-32-15-17-33(18-16-32)20-28(35)31-26-13-7-6-12-24(26)29(36)23-10-4-3-5-11-23/h3-14H,15-20H2,1-2H3,(H,30,34)(H,31,35). The van der Waals surface area contributed by atoms with Crippen molar-refractivity contribution >= 4 is 29.0 Å². The number of amides is 2. The van der Waals surface area contributed by atoms with Crippen molar-refractivity contribution in [3.63, 3.8) is 0 Å². The highest BCUT2D eigenvalue weighted by Gasteiger charge is 2.22. The van der Waals surface area contributed by atoms with Crippen molar-refractivity contribution in [2.75, 3.05) is 49.9 Å². The Bertz CT molecular complexity index is 1230. The van der Waals surface area contributed by atoms with Gasteiger partial charge in [0, 0.05) is 43.0 Å². The molecule has 2 N–H and O–H groups in total. The highest BCUT2D eigenvalue weighted by molar-refractivity contribution is 6.13. The summed E-state index contributed by atoms with van der Waals surface area (Å²) >= 11 is 0. The molecule has 2 amide bonds. The maximum atomic E-state index is 12.9. The van der Waals surface area contributed by atoms with Gasteiger partial charge in [0.05, 0.1) is 18.8 Å². The van der Waals surface area contributed by atoms with Crippen molar-refractivity contribution < 1.29 is 14.4 Å². The summed E-state index contributed by atoms with van der Waals surface area (Å²) in [4.78, 5) is 42.4. The summed E-state index contributed by atoms with van der Waals surface area (Å²) in [7, 11) is 0. The number of rotatable bonds is 8. The molecule has 186 valence electrons. The number of anilines is 2. The minimum Gasteiger partial charge on any atom is -0.325 e. The van der Waals surface area contributed by atoms with Crippen LogP contribution >= 0.6 is 0 Å². The molecule has 0 radical (unpaired) electrons. The Hall–Kier alpha value is -3.81. The van der Waals surface area contributed by atoms with Gasteiger partial charge in [0.25, 0.3) is 0 Å². The zero-order valence-corrected chi connectivity index (χ0v) is 20.8. The number of ketones is 1. The van der Waals surface area contributed by atoms with Crippen molar-refractivity contribution in [1.82, 2.24) is 9.80 Å². The summed E-state index contributed by atoms with van der Waals surface area (Å²) in [5.41, 5.74) is 4.63. The number of piperazine rings is 1. The second-order valence-corrected chi connectivity index (χ2v) is 9.14. The van der Waals surface area contributed by atoms with E-state index in [9.17, 15) is 14.4 Å². The molecule has 0 aliphatic carbocycles. The van der Waals surface area contributed by atoms with Gasteiger partial charge >= 0.3 is 0 Å². The molecule has 0 aromatic heterocycles. The van der Waals surface area contributed by atoms with Crippen molar-refractivity contribution in [3.8, 4) is 0 Å². The Morgan fingerprint density at radius 3 is 1.83 bits per heavy atom. The molecule has 1 saturated heterocycles. The van der Waals surface area contributed by atoms with E-state index in [-0.39, 0.29) is 24.1 Å². The third kappa shape index (κ3) is 6.44. The first-order chi connectivity index (χ1) is 17.4. The molecule has 36 heavy (non-hydrogen) atoms. The number of hydrogen-bond acceptors (Lipinski definition) is 5. The summed E-state index contributed by atoms with van der Waals surface area (Å²) < 4.78 is 0. The van der Waals surface area contributed by atoms with Crippen LogP contribution in [0.3, 0.4) is 0 Å². The van der Waals surface area contributed by atoms with Crippen molar-refractivity contribution in [2.45, 2.75) is 13.8 Å². The van der Waals surface area contributed by atoms with E-state index >= 15 is 0 Å². The number of carbonyl (C=O) groups is 3. The lowest BCUT2D eigenvalue weighted by atomic mass is 10.0. The molecule has 4 rings (SSSR count). The first-order valence-corrected chi connectivity index (χ1v) is 12.2. The van der Waals surface area contributed by atoms with Gasteiger partial charge in [-0.2, -0.15) is 0 Å². The number of benzene rings is 3. The van der Waals surface area contributed by atoms with Crippen LogP contribution in [0.5, 0.6) is 0 Å². The van der Waals surface area contributed by atoms with E-state index in [1.165, 1.54) is 0 Å². The lowest BCUT2D eigenvalue weighted by molar-refractivity contribution is -0.120. The number of carbonyl (C=O) groups excluding carboxylic acids is 3.